The molecule has 0 bridgehead atoms. The van der Waals surface area contributed by atoms with Crippen LogP contribution in [0, 0.1) is 0 Å². The van der Waals surface area contributed by atoms with Crippen LogP contribution >= 0.6 is 0 Å². The second kappa shape index (κ2) is 10.8. The first-order valence-electron chi connectivity index (χ1n) is 10.4. The van der Waals surface area contributed by atoms with Crippen molar-refractivity contribution >= 4 is 10.0 Å². The molecule has 0 aliphatic rings. The van der Waals surface area contributed by atoms with Crippen molar-refractivity contribution in [3.05, 3.63) is 71.8 Å². The number of nitrogens with zero attached hydrogens (tertiary/aromatic N) is 4. The molecule has 0 N–H and O–H groups in total. The Labute approximate surface area is 195 Å². The second-order valence-electron chi connectivity index (χ2n) is 7.61. The Bertz CT molecular complexity index is 1080. The minimum atomic E-state index is -3.82. The fourth-order valence-corrected chi connectivity index (χ4v) is 5.24. The van der Waals surface area contributed by atoms with Crippen LogP contribution < -0.4 is 9.47 Å². The first kappa shape index (κ1) is 24.7. The molecule has 0 amide bonds. The zero-order valence-electron chi connectivity index (χ0n) is 19.5. The quantitative estimate of drug-likeness (QED) is 0.422. The minimum Gasteiger partial charge on any atom is -0.497 e. The lowest BCUT2D eigenvalue weighted by molar-refractivity contribution is 0.0899. The molecule has 33 heavy (non-hydrogen) atoms. The molecule has 178 valence electrons. The number of methoxy groups -OCH3 is 3. The normalized spacial score (nSPS) is 13.6. The Morgan fingerprint density at radius 3 is 1.76 bits per heavy atom. The van der Waals surface area contributed by atoms with E-state index in [2.05, 4.69) is 10.1 Å². The van der Waals surface area contributed by atoms with Gasteiger partial charge in [-0.2, -0.15) is 9.40 Å². The minimum absolute atomic E-state index is 0.192. The van der Waals surface area contributed by atoms with Crippen molar-refractivity contribution in [2.45, 2.75) is 31.4 Å². The maximum Gasteiger partial charge on any atom is 0.220 e. The number of sulfonamides is 1. The molecule has 3 rings (SSSR count). The molecule has 10 heteroatoms. The lowest BCUT2D eigenvalue weighted by Crippen LogP contribution is -2.40. The smallest absolute Gasteiger partial charge is 0.220 e. The molecule has 2 atom stereocenters. The van der Waals surface area contributed by atoms with Crippen LogP contribution in [0.4, 0.5) is 0 Å². The number of benzene rings is 2. The van der Waals surface area contributed by atoms with Crippen molar-refractivity contribution in [3.63, 3.8) is 0 Å². The summed E-state index contributed by atoms with van der Waals surface area (Å²) in [4.78, 5) is 4.20. The molecule has 0 unspecified atom stereocenters. The molecule has 0 saturated carbocycles. The fraction of sp³-hybridized carbons (Fsp3) is 0.391. The first-order valence-corrected chi connectivity index (χ1v) is 11.9. The topological polar surface area (TPSA) is 95.8 Å². The lowest BCUT2D eigenvalue weighted by atomic mass is 10.2. The predicted molar refractivity (Wildman–Crippen MR) is 124 cm³/mol. The molecule has 3 aromatic rings. The summed E-state index contributed by atoms with van der Waals surface area (Å²) >= 11 is 0. The second-order valence-corrected chi connectivity index (χ2v) is 9.90. The van der Waals surface area contributed by atoms with Gasteiger partial charge < -0.3 is 14.2 Å². The molecule has 0 fully saturated rings. The molecule has 9 nitrogen and oxygen atoms in total. The standard InChI is InChI=1S/C23H30N4O5S/c1-17(22(32-5)23-24-16-25-26(23)2)33(28,29)27(14-18-6-10-20(30-3)11-7-18)15-19-8-12-21(31-4)13-9-19/h6-13,16-17,22H,14-15H2,1-5H3/t17-,22-/m1/s1. The largest absolute Gasteiger partial charge is 0.497 e. The average Bonchev–Trinajstić information content (AvgIpc) is 3.25. The SMILES string of the molecule is COc1ccc(CN(Cc2ccc(OC)cc2)S(=O)(=O)[C@H](C)[C@@H](OC)c2ncnn2C)cc1. The summed E-state index contributed by atoms with van der Waals surface area (Å²) in [7, 11) is 2.55. The van der Waals surface area contributed by atoms with Gasteiger partial charge in [0.2, 0.25) is 10.0 Å². The number of hydrogen-bond donors (Lipinski definition) is 0. The van der Waals surface area contributed by atoms with Crippen LogP contribution in [0.25, 0.3) is 0 Å². The Kier molecular flexibility index (Phi) is 8.06. The highest BCUT2D eigenvalue weighted by Crippen LogP contribution is 2.28. The summed E-state index contributed by atoms with van der Waals surface area (Å²) < 4.78 is 46.7. The Hall–Kier alpha value is -2.95. The molecule has 0 spiro atoms. The van der Waals surface area contributed by atoms with Gasteiger partial charge in [0.15, 0.2) is 5.82 Å². The van der Waals surface area contributed by atoms with Crippen molar-refractivity contribution in [2.75, 3.05) is 21.3 Å². The van der Waals surface area contributed by atoms with Crippen LogP contribution in [0.2, 0.25) is 0 Å². The summed E-state index contributed by atoms with van der Waals surface area (Å²) in [6.45, 7) is 2.02. The van der Waals surface area contributed by atoms with Gasteiger partial charge in [0, 0.05) is 27.2 Å². The zero-order valence-corrected chi connectivity index (χ0v) is 20.3. The average molecular weight is 475 g/mol. The van der Waals surface area contributed by atoms with E-state index in [-0.39, 0.29) is 13.1 Å². The summed E-state index contributed by atoms with van der Waals surface area (Å²) in [5, 5.41) is 3.16. The van der Waals surface area contributed by atoms with Gasteiger partial charge in [-0.1, -0.05) is 24.3 Å². The number of aryl methyl sites for hydroxylation is 1. The van der Waals surface area contributed by atoms with E-state index in [0.29, 0.717) is 17.3 Å². The third-order valence-corrected chi connectivity index (χ3v) is 7.71. The third-order valence-electron chi connectivity index (χ3n) is 5.55. The van der Waals surface area contributed by atoms with Gasteiger partial charge in [-0.15, -0.1) is 0 Å². The van der Waals surface area contributed by atoms with E-state index < -0.39 is 21.4 Å². The molecule has 0 aliphatic carbocycles. The van der Waals surface area contributed by atoms with Gasteiger partial charge in [0.1, 0.15) is 29.2 Å². The van der Waals surface area contributed by atoms with Gasteiger partial charge >= 0.3 is 0 Å². The number of ether oxygens (including phenoxy) is 3. The fourth-order valence-electron chi connectivity index (χ4n) is 3.57. The van der Waals surface area contributed by atoms with Gasteiger partial charge in [0.25, 0.3) is 0 Å². The zero-order chi connectivity index (χ0) is 24.0. The van der Waals surface area contributed by atoms with Crippen LogP contribution in [-0.2, 0) is 34.9 Å². The summed E-state index contributed by atoms with van der Waals surface area (Å²) in [6, 6.07) is 14.7. The van der Waals surface area contributed by atoms with E-state index in [0.717, 1.165) is 11.1 Å². The van der Waals surface area contributed by atoms with Crippen LogP contribution in [0.3, 0.4) is 0 Å². The van der Waals surface area contributed by atoms with Crippen LogP contribution in [-0.4, -0.2) is 54.1 Å². The van der Waals surface area contributed by atoms with Crippen molar-refractivity contribution < 1.29 is 22.6 Å². The van der Waals surface area contributed by atoms with E-state index in [4.69, 9.17) is 14.2 Å². The number of aromatic nitrogens is 3. The summed E-state index contributed by atoms with van der Waals surface area (Å²) in [5.41, 5.74) is 1.68. The Morgan fingerprint density at radius 1 is 0.909 bits per heavy atom. The van der Waals surface area contributed by atoms with Gasteiger partial charge in [-0.05, 0) is 42.3 Å². The van der Waals surface area contributed by atoms with Crippen molar-refractivity contribution in [1.82, 2.24) is 19.1 Å². The maximum atomic E-state index is 13.8. The highest BCUT2D eigenvalue weighted by molar-refractivity contribution is 7.89. The Morgan fingerprint density at radius 2 is 1.39 bits per heavy atom. The van der Waals surface area contributed by atoms with Crippen molar-refractivity contribution in [3.8, 4) is 11.5 Å². The third kappa shape index (κ3) is 5.70. The van der Waals surface area contributed by atoms with Crippen molar-refractivity contribution in [1.29, 1.82) is 0 Å². The first-order chi connectivity index (χ1) is 15.8. The summed E-state index contributed by atoms with van der Waals surface area (Å²) in [6.07, 6.45) is 0.601. The van der Waals surface area contributed by atoms with Crippen molar-refractivity contribution in [2.24, 2.45) is 7.05 Å². The molecular weight excluding hydrogens is 444 g/mol. The lowest BCUT2D eigenvalue weighted by Gasteiger charge is -2.29. The highest BCUT2D eigenvalue weighted by atomic mass is 32.2. The van der Waals surface area contributed by atoms with E-state index in [1.54, 1.807) is 28.2 Å². The molecule has 0 aliphatic heterocycles. The summed E-state index contributed by atoms with van der Waals surface area (Å²) in [5.74, 6) is 1.86. The molecule has 2 aromatic carbocycles. The van der Waals surface area contributed by atoms with Crippen LogP contribution in [0.15, 0.2) is 54.9 Å². The number of rotatable bonds is 11. The van der Waals surface area contributed by atoms with Crippen LogP contribution in [0.5, 0.6) is 11.5 Å². The van der Waals surface area contributed by atoms with Gasteiger partial charge in [-0.3, -0.25) is 4.68 Å². The van der Waals surface area contributed by atoms with E-state index in [1.165, 1.54) is 22.4 Å². The van der Waals surface area contributed by atoms with E-state index in [1.807, 2.05) is 48.5 Å². The van der Waals surface area contributed by atoms with E-state index in [9.17, 15) is 8.42 Å². The molecule has 1 aromatic heterocycles. The van der Waals surface area contributed by atoms with E-state index >= 15 is 0 Å². The monoisotopic (exact) mass is 474 g/mol. The number of hydrogen-bond acceptors (Lipinski definition) is 7. The molecule has 0 radical (unpaired) electrons. The van der Waals surface area contributed by atoms with Gasteiger partial charge in [0.05, 0.1) is 14.2 Å². The predicted octanol–water partition coefficient (Wildman–Crippen LogP) is 2.94. The molecule has 0 saturated heterocycles. The maximum absolute atomic E-state index is 13.8. The van der Waals surface area contributed by atoms with Crippen LogP contribution in [0.1, 0.15) is 30.0 Å². The molecule has 1 heterocycles. The highest BCUT2D eigenvalue weighted by Gasteiger charge is 2.37. The molecular formula is C23H30N4O5S. The Balaban J connectivity index is 1.94. The van der Waals surface area contributed by atoms with Gasteiger partial charge in [-0.25, -0.2) is 13.4 Å².